The Morgan fingerprint density at radius 2 is 1.97 bits per heavy atom. The van der Waals surface area contributed by atoms with E-state index in [2.05, 4.69) is 10.1 Å². The molecule has 0 unspecified atom stereocenters. The number of amides is 1. The van der Waals surface area contributed by atoms with E-state index in [1.165, 1.54) is 12.1 Å². The Balaban J connectivity index is 1.48. The molecule has 184 valence electrons. The lowest BCUT2D eigenvalue weighted by molar-refractivity contribution is -0.385. The lowest BCUT2D eigenvalue weighted by atomic mass is 9.94. The van der Waals surface area contributed by atoms with Crippen LogP contribution in [0.3, 0.4) is 0 Å². The van der Waals surface area contributed by atoms with Crippen molar-refractivity contribution in [3.05, 3.63) is 68.0 Å². The van der Waals surface area contributed by atoms with Crippen molar-refractivity contribution in [3.63, 3.8) is 0 Å². The first-order valence-electron chi connectivity index (χ1n) is 11.3. The molecule has 0 saturated heterocycles. The molecule has 1 saturated carbocycles. The number of aryl methyl sites for hydroxylation is 1. The molecule has 0 spiro atoms. The standard InChI is InChI=1S/C24H24Cl2N4O5/c1-15-11-18(8-10-21(15)30(32)33)34-14-23(31)29(17-5-3-2-4-6-17)13-22-27-24(28-35-22)19-9-7-16(25)12-20(19)26/h7-12,17H,2-6,13-14H2,1H3. The van der Waals surface area contributed by atoms with Crippen LogP contribution in [0.5, 0.6) is 5.75 Å². The Bertz CT molecular complexity index is 1230. The van der Waals surface area contributed by atoms with Gasteiger partial charge in [-0.25, -0.2) is 0 Å². The van der Waals surface area contributed by atoms with Gasteiger partial charge in [-0.2, -0.15) is 4.98 Å². The molecule has 0 bridgehead atoms. The summed E-state index contributed by atoms with van der Waals surface area (Å²) >= 11 is 12.2. The number of aromatic nitrogens is 2. The minimum absolute atomic E-state index is 0.000461. The molecular weight excluding hydrogens is 495 g/mol. The lowest BCUT2D eigenvalue weighted by Crippen LogP contribution is -2.43. The second-order valence-corrected chi connectivity index (χ2v) is 9.29. The lowest BCUT2D eigenvalue weighted by Gasteiger charge is -2.33. The van der Waals surface area contributed by atoms with E-state index in [1.807, 2.05) is 0 Å². The van der Waals surface area contributed by atoms with Gasteiger partial charge in [0, 0.05) is 28.3 Å². The van der Waals surface area contributed by atoms with Crippen LogP contribution in [0.4, 0.5) is 5.69 Å². The molecule has 9 nitrogen and oxygen atoms in total. The highest BCUT2D eigenvalue weighted by atomic mass is 35.5. The highest BCUT2D eigenvalue weighted by molar-refractivity contribution is 6.36. The maximum atomic E-state index is 13.2. The summed E-state index contributed by atoms with van der Waals surface area (Å²) in [6.45, 7) is 1.56. The van der Waals surface area contributed by atoms with Gasteiger partial charge in [0.25, 0.3) is 11.6 Å². The number of carbonyl (C=O) groups excluding carboxylic acids is 1. The minimum atomic E-state index is -0.453. The highest BCUT2D eigenvalue weighted by Crippen LogP contribution is 2.30. The van der Waals surface area contributed by atoms with Gasteiger partial charge < -0.3 is 14.2 Å². The Morgan fingerprint density at radius 1 is 1.20 bits per heavy atom. The topological polar surface area (TPSA) is 112 Å². The Morgan fingerprint density at radius 3 is 2.66 bits per heavy atom. The molecule has 0 atom stereocenters. The molecule has 1 aliphatic carbocycles. The number of hydrogen-bond acceptors (Lipinski definition) is 7. The van der Waals surface area contributed by atoms with Gasteiger partial charge in [-0.3, -0.25) is 14.9 Å². The smallest absolute Gasteiger partial charge is 0.272 e. The van der Waals surface area contributed by atoms with Crippen LogP contribution in [0.15, 0.2) is 40.9 Å². The van der Waals surface area contributed by atoms with Gasteiger partial charge in [0.2, 0.25) is 11.7 Å². The number of benzene rings is 2. The van der Waals surface area contributed by atoms with E-state index in [1.54, 1.807) is 36.1 Å². The van der Waals surface area contributed by atoms with Crippen molar-refractivity contribution in [1.82, 2.24) is 15.0 Å². The van der Waals surface area contributed by atoms with Crippen LogP contribution in [0, 0.1) is 17.0 Å². The van der Waals surface area contributed by atoms with Gasteiger partial charge in [0.15, 0.2) is 6.61 Å². The Kier molecular flexibility index (Phi) is 7.87. The predicted octanol–water partition coefficient (Wildman–Crippen LogP) is 6.00. The molecule has 2 aromatic carbocycles. The van der Waals surface area contributed by atoms with Crippen molar-refractivity contribution in [3.8, 4) is 17.1 Å². The number of nitrogens with zero attached hydrogens (tertiary/aromatic N) is 4. The van der Waals surface area contributed by atoms with E-state index in [0.717, 1.165) is 32.1 Å². The van der Waals surface area contributed by atoms with Gasteiger partial charge >= 0.3 is 0 Å². The highest BCUT2D eigenvalue weighted by Gasteiger charge is 2.28. The number of carbonyl (C=O) groups is 1. The van der Waals surface area contributed by atoms with Gasteiger partial charge in [-0.05, 0) is 50.1 Å². The maximum absolute atomic E-state index is 13.2. The second-order valence-electron chi connectivity index (χ2n) is 8.44. The summed E-state index contributed by atoms with van der Waals surface area (Å²) in [5.74, 6) is 0.770. The number of ether oxygens (including phenoxy) is 1. The zero-order chi connectivity index (χ0) is 24.9. The van der Waals surface area contributed by atoms with E-state index in [0.29, 0.717) is 32.7 Å². The largest absolute Gasteiger partial charge is 0.484 e. The molecule has 0 aliphatic heterocycles. The first kappa shape index (κ1) is 24.9. The van der Waals surface area contributed by atoms with Crippen LogP contribution in [-0.2, 0) is 11.3 Å². The van der Waals surface area contributed by atoms with Crippen molar-refractivity contribution in [2.24, 2.45) is 0 Å². The molecule has 3 aromatic rings. The molecule has 4 rings (SSSR count). The SMILES string of the molecule is Cc1cc(OCC(=O)N(Cc2nc(-c3ccc(Cl)cc3Cl)no2)C2CCCCC2)ccc1[N+](=O)[O-]. The van der Waals surface area contributed by atoms with Gasteiger partial charge in [-0.1, -0.05) is 47.6 Å². The molecule has 1 aromatic heterocycles. The average Bonchev–Trinajstić information content (AvgIpc) is 3.29. The van der Waals surface area contributed by atoms with Crippen molar-refractivity contribution in [2.75, 3.05) is 6.61 Å². The second kappa shape index (κ2) is 11.0. The monoisotopic (exact) mass is 518 g/mol. The number of halogens is 2. The number of nitro benzene ring substituents is 1. The summed E-state index contributed by atoms with van der Waals surface area (Å²) in [5, 5.41) is 16.0. The first-order chi connectivity index (χ1) is 16.8. The summed E-state index contributed by atoms with van der Waals surface area (Å²) in [5.41, 5.74) is 1.04. The van der Waals surface area contributed by atoms with Gasteiger partial charge in [-0.15, -0.1) is 0 Å². The summed E-state index contributed by atoms with van der Waals surface area (Å²) in [4.78, 5) is 30.0. The van der Waals surface area contributed by atoms with Gasteiger partial charge in [0.1, 0.15) is 12.3 Å². The van der Waals surface area contributed by atoms with Crippen LogP contribution in [0.1, 0.15) is 43.6 Å². The molecule has 0 radical (unpaired) electrons. The molecule has 11 heteroatoms. The van der Waals surface area contributed by atoms with Crippen LogP contribution in [0.25, 0.3) is 11.4 Å². The van der Waals surface area contributed by atoms with Crippen LogP contribution >= 0.6 is 23.2 Å². The molecule has 1 heterocycles. The first-order valence-corrected chi connectivity index (χ1v) is 12.0. The molecule has 1 amide bonds. The van der Waals surface area contributed by atoms with Crippen molar-refractivity contribution < 1.29 is 19.0 Å². The third kappa shape index (κ3) is 6.10. The minimum Gasteiger partial charge on any atom is -0.484 e. The van der Waals surface area contributed by atoms with Gasteiger partial charge in [0.05, 0.1) is 9.95 Å². The fraction of sp³-hybridized carbons (Fsp3) is 0.375. The molecule has 1 aliphatic rings. The zero-order valence-electron chi connectivity index (χ0n) is 19.1. The fourth-order valence-electron chi connectivity index (χ4n) is 4.21. The summed E-state index contributed by atoms with van der Waals surface area (Å²) in [7, 11) is 0. The van der Waals surface area contributed by atoms with Crippen LogP contribution < -0.4 is 4.74 Å². The molecule has 0 N–H and O–H groups in total. The fourth-order valence-corrected chi connectivity index (χ4v) is 4.70. The maximum Gasteiger partial charge on any atom is 0.272 e. The van der Waals surface area contributed by atoms with Crippen molar-refractivity contribution in [1.29, 1.82) is 0 Å². The zero-order valence-corrected chi connectivity index (χ0v) is 20.6. The number of rotatable bonds is 8. The third-order valence-corrected chi connectivity index (χ3v) is 6.56. The molecule has 1 fully saturated rings. The summed E-state index contributed by atoms with van der Waals surface area (Å²) in [6, 6.07) is 9.45. The number of nitro groups is 1. The molecule has 35 heavy (non-hydrogen) atoms. The quantitative estimate of drug-likeness (QED) is 0.265. The molecular formula is C24H24Cl2N4O5. The normalized spacial score (nSPS) is 14.0. The van der Waals surface area contributed by atoms with E-state index < -0.39 is 4.92 Å². The average molecular weight is 519 g/mol. The van der Waals surface area contributed by atoms with E-state index in [9.17, 15) is 14.9 Å². The third-order valence-electron chi connectivity index (χ3n) is 6.01. The Labute approximate surface area is 212 Å². The van der Waals surface area contributed by atoms with Crippen molar-refractivity contribution >= 4 is 34.8 Å². The van der Waals surface area contributed by atoms with E-state index >= 15 is 0 Å². The van der Waals surface area contributed by atoms with E-state index in [4.69, 9.17) is 32.5 Å². The van der Waals surface area contributed by atoms with Crippen LogP contribution in [0.2, 0.25) is 10.0 Å². The summed E-state index contributed by atoms with van der Waals surface area (Å²) in [6.07, 6.45) is 4.97. The van der Waals surface area contributed by atoms with Crippen molar-refractivity contribution in [2.45, 2.75) is 51.6 Å². The van der Waals surface area contributed by atoms with Crippen LogP contribution in [-0.4, -0.2) is 38.5 Å². The predicted molar refractivity (Wildman–Crippen MR) is 131 cm³/mol. The Hall–Kier alpha value is -3.17. The number of hydrogen-bond donors (Lipinski definition) is 0. The summed E-state index contributed by atoms with van der Waals surface area (Å²) < 4.78 is 11.1. The van der Waals surface area contributed by atoms with E-state index in [-0.39, 0.29) is 36.7 Å².